The van der Waals surface area contributed by atoms with Gasteiger partial charge in [0.25, 0.3) is 0 Å². The van der Waals surface area contributed by atoms with Crippen LogP contribution in [-0.4, -0.2) is 51.2 Å². The Labute approximate surface area is 106 Å². The summed E-state index contributed by atoms with van der Waals surface area (Å²) in [6, 6.07) is 0.191. The van der Waals surface area contributed by atoms with Crippen molar-refractivity contribution in [1.82, 2.24) is 5.32 Å². The third kappa shape index (κ3) is 7.71. The molecule has 0 fully saturated rings. The van der Waals surface area contributed by atoms with Gasteiger partial charge < -0.3 is 19.5 Å². The summed E-state index contributed by atoms with van der Waals surface area (Å²) in [4.78, 5) is 0. The molecule has 0 spiro atoms. The molecular formula is C13H29NO3. The van der Waals surface area contributed by atoms with E-state index in [0.717, 1.165) is 6.54 Å². The van der Waals surface area contributed by atoms with Crippen molar-refractivity contribution >= 4 is 0 Å². The zero-order valence-corrected chi connectivity index (χ0v) is 12.2. The average Bonchev–Trinajstić information content (AvgIpc) is 2.26. The Kier molecular flexibility index (Phi) is 8.78. The summed E-state index contributed by atoms with van der Waals surface area (Å²) in [6.07, 6.45) is 0.263. The van der Waals surface area contributed by atoms with Crippen LogP contribution >= 0.6 is 0 Å². The molecule has 1 unspecified atom stereocenters. The molecule has 0 aliphatic rings. The second kappa shape index (κ2) is 8.86. The van der Waals surface area contributed by atoms with Crippen LogP contribution in [0.3, 0.4) is 0 Å². The Morgan fingerprint density at radius 2 is 1.82 bits per heavy atom. The second-order valence-electron chi connectivity index (χ2n) is 4.91. The average molecular weight is 247 g/mol. The Morgan fingerprint density at radius 1 is 1.18 bits per heavy atom. The first-order chi connectivity index (χ1) is 7.94. The fourth-order valence-corrected chi connectivity index (χ4v) is 1.44. The van der Waals surface area contributed by atoms with Crippen LogP contribution in [0.4, 0.5) is 0 Å². The first kappa shape index (κ1) is 16.8. The van der Waals surface area contributed by atoms with E-state index in [4.69, 9.17) is 14.2 Å². The van der Waals surface area contributed by atoms with E-state index in [2.05, 4.69) is 26.1 Å². The number of hydrogen-bond donors (Lipinski definition) is 1. The van der Waals surface area contributed by atoms with E-state index in [1.807, 2.05) is 13.8 Å². The number of likely N-dealkylation sites (N-methyl/N-ethyl adjacent to an activating group) is 1. The van der Waals surface area contributed by atoms with E-state index in [1.54, 1.807) is 7.11 Å². The summed E-state index contributed by atoms with van der Waals surface area (Å²) in [5.74, 6) is 0. The lowest BCUT2D eigenvalue weighted by molar-refractivity contribution is -0.0485. The van der Waals surface area contributed by atoms with Gasteiger partial charge in [0, 0.05) is 7.11 Å². The third-order valence-electron chi connectivity index (χ3n) is 2.78. The van der Waals surface area contributed by atoms with Crippen LogP contribution in [0.25, 0.3) is 0 Å². The molecule has 4 nitrogen and oxygen atoms in total. The van der Waals surface area contributed by atoms with Crippen LogP contribution in [0.1, 0.15) is 34.6 Å². The van der Waals surface area contributed by atoms with Crippen molar-refractivity contribution in [2.75, 3.05) is 33.5 Å². The summed E-state index contributed by atoms with van der Waals surface area (Å²) < 4.78 is 16.5. The highest BCUT2D eigenvalue weighted by molar-refractivity contribution is 4.84. The number of rotatable bonds is 10. The topological polar surface area (TPSA) is 39.7 Å². The van der Waals surface area contributed by atoms with Crippen molar-refractivity contribution < 1.29 is 14.2 Å². The summed E-state index contributed by atoms with van der Waals surface area (Å²) in [5.41, 5.74) is -0.227. The molecule has 0 aromatic heterocycles. The van der Waals surface area contributed by atoms with Gasteiger partial charge in [0.1, 0.15) is 0 Å². The Hall–Kier alpha value is -0.160. The molecule has 0 rings (SSSR count). The van der Waals surface area contributed by atoms with Crippen molar-refractivity contribution in [2.45, 2.75) is 52.4 Å². The fraction of sp³-hybridized carbons (Fsp3) is 1.00. The molecule has 17 heavy (non-hydrogen) atoms. The van der Waals surface area contributed by atoms with E-state index < -0.39 is 0 Å². The summed E-state index contributed by atoms with van der Waals surface area (Å²) in [7, 11) is 1.73. The molecule has 0 saturated heterocycles. The van der Waals surface area contributed by atoms with Gasteiger partial charge in [-0.1, -0.05) is 6.92 Å². The molecule has 0 aliphatic heterocycles. The first-order valence-corrected chi connectivity index (χ1v) is 6.42. The number of hydrogen-bond acceptors (Lipinski definition) is 4. The largest absolute Gasteiger partial charge is 0.377 e. The van der Waals surface area contributed by atoms with Crippen LogP contribution in [-0.2, 0) is 14.2 Å². The van der Waals surface area contributed by atoms with Gasteiger partial charge in [-0.3, -0.25) is 0 Å². The highest BCUT2D eigenvalue weighted by Gasteiger charge is 2.28. The predicted octanol–water partition coefficient (Wildman–Crippen LogP) is 1.83. The van der Waals surface area contributed by atoms with E-state index in [1.165, 1.54) is 0 Å². The zero-order valence-electron chi connectivity index (χ0n) is 12.2. The summed E-state index contributed by atoms with van der Waals surface area (Å²) >= 11 is 0. The van der Waals surface area contributed by atoms with Gasteiger partial charge in [-0.05, 0) is 34.2 Å². The summed E-state index contributed by atoms with van der Waals surface area (Å²) in [5, 5.41) is 3.38. The molecule has 0 aromatic rings. The second-order valence-corrected chi connectivity index (χ2v) is 4.91. The third-order valence-corrected chi connectivity index (χ3v) is 2.78. The van der Waals surface area contributed by atoms with Gasteiger partial charge in [0.15, 0.2) is 0 Å². The first-order valence-electron chi connectivity index (χ1n) is 6.42. The van der Waals surface area contributed by atoms with Crippen molar-refractivity contribution in [3.63, 3.8) is 0 Å². The maximum atomic E-state index is 5.62. The minimum atomic E-state index is -0.227. The lowest BCUT2D eigenvalue weighted by atomic mass is 9.99. The highest BCUT2D eigenvalue weighted by Crippen LogP contribution is 2.14. The summed E-state index contributed by atoms with van der Waals surface area (Å²) in [6.45, 7) is 13.1. The van der Waals surface area contributed by atoms with Crippen molar-refractivity contribution in [3.8, 4) is 0 Å². The van der Waals surface area contributed by atoms with Crippen molar-refractivity contribution in [1.29, 1.82) is 0 Å². The van der Waals surface area contributed by atoms with E-state index in [9.17, 15) is 0 Å². The maximum absolute atomic E-state index is 5.62. The smallest absolute Gasteiger partial charge is 0.0797 e. The van der Waals surface area contributed by atoms with Gasteiger partial charge in [-0.15, -0.1) is 0 Å². The normalized spacial score (nSPS) is 14.3. The van der Waals surface area contributed by atoms with Gasteiger partial charge in [0.2, 0.25) is 0 Å². The predicted molar refractivity (Wildman–Crippen MR) is 70.5 cm³/mol. The SMILES string of the molecule is CCNC(COCCOC(C)C)C(C)(C)OC. The van der Waals surface area contributed by atoms with Crippen LogP contribution in [0.5, 0.6) is 0 Å². The Balaban J connectivity index is 3.86. The molecular weight excluding hydrogens is 218 g/mol. The molecule has 1 N–H and O–H groups in total. The molecule has 0 amide bonds. The molecule has 0 bridgehead atoms. The van der Waals surface area contributed by atoms with Crippen LogP contribution in [0.15, 0.2) is 0 Å². The maximum Gasteiger partial charge on any atom is 0.0797 e. The monoisotopic (exact) mass is 247 g/mol. The number of ether oxygens (including phenoxy) is 3. The molecule has 1 atom stereocenters. The lowest BCUT2D eigenvalue weighted by Crippen LogP contribution is -2.51. The quantitative estimate of drug-likeness (QED) is 0.598. The Bertz CT molecular complexity index is 184. The minimum absolute atomic E-state index is 0.191. The van der Waals surface area contributed by atoms with Crippen molar-refractivity contribution in [3.05, 3.63) is 0 Å². The molecule has 0 aliphatic carbocycles. The minimum Gasteiger partial charge on any atom is -0.377 e. The zero-order chi connectivity index (χ0) is 13.3. The van der Waals surface area contributed by atoms with Crippen LogP contribution < -0.4 is 5.32 Å². The highest BCUT2D eigenvalue weighted by atomic mass is 16.5. The van der Waals surface area contributed by atoms with Crippen LogP contribution in [0, 0.1) is 0 Å². The lowest BCUT2D eigenvalue weighted by Gasteiger charge is -2.33. The molecule has 0 saturated carbocycles. The molecule has 0 heterocycles. The standard InChI is InChI=1S/C13H29NO3/c1-7-14-12(13(4,5)15-6)10-16-8-9-17-11(2)3/h11-12,14H,7-10H2,1-6H3. The van der Waals surface area contributed by atoms with E-state index in [0.29, 0.717) is 19.8 Å². The fourth-order valence-electron chi connectivity index (χ4n) is 1.44. The van der Waals surface area contributed by atoms with Gasteiger partial charge in [0.05, 0.1) is 37.6 Å². The number of nitrogens with one attached hydrogen (secondary N) is 1. The van der Waals surface area contributed by atoms with Crippen molar-refractivity contribution in [2.24, 2.45) is 0 Å². The number of methoxy groups -OCH3 is 1. The Morgan fingerprint density at radius 3 is 2.29 bits per heavy atom. The van der Waals surface area contributed by atoms with E-state index in [-0.39, 0.29) is 17.7 Å². The van der Waals surface area contributed by atoms with E-state index >= 15 is 0 Å². The van der Waals surface area contributed by atoms with Crippen LogP contribution in [0.2, 0.25) is 0 Å². The molecule has 4 heteroatoms. The van der Waals surface area contributed by atoms with Gasteiger partial charge in [-0.2, -0.15) is 0 Å². The van der Waals surface area contributed by atoms with Gasteiger partial charge in [-0.25, -0.2) is 0 Å². The molecule has 0 radical (unpaired) electrons. The van der Waals surface area contributed by atoms with Gasteiger partial charge >= 0.3 is 0 Å². The molecule has 104 valence electrons. The molecule has 0 aromatic carbocycles.